The van der Waals surface area contributed by atoms with Crippen LogP contribution >= 0.6 is 24.0 Å². The Hall–Kier alpha value is -1.92. The minimum absolute atomic E-state index is 0. The number of hydrogen-bond acceptors (Lipinski definition) is 6. The minimum atomic E-state index is -0.703. The number of ether oxygens (including phenoxy) is 2. The van der Waals surface area contributed by atoms with E-state index in [0.29, 0.717) is 24.1 Å². The summed E-state index contributed by atoms with van der Waals surface area (Å²) < 4.78 is 12.3. The Kier molecular flexibility index (Phi) is 9.79. The van der Waals surface area contributed by atoms with E-state index < -0.39 is 6.10 Å². The lowest BCUT2D eigenvalue weighted by Gasteiger charge is -2.25. The highest BCUT2D eigenvalue weighted by Gasteiger charge is 2.22. The monoisotopic (exact) mass is 530 g/mol. The van der Waals surface area contributed by atoms with Gasteiger partial charge in [0.1, 0.15) is 18.2 Å². The second kappa shape index (κ2) is 12.1. The summed E-state index contributed by atoms with van der Waals surface area (Å²) in [5.41, 5.74) is 0.777. The molecule has 1 aromatic carbocycles. The maximum atomic E-state index is 10.5. The first-order valence-corrected chi connectivity index (χ1v) is 9.91. The lowest BCUT2D eigenvalue weighted by molar-refractivity contribution is 0.177. The smallest absolute Gasteiger partial charge is 0.191 e. The molecule has 3 rings (SSSR count). The summed E-state index contributed by atoms with van der Waals surface area (Å²) in [5, 5.41) is 21.7. The number of aliphatic hydroxyl groups excluding tert-OH is 1. The predicted octanol–water partition coefficient (Wildman–Crippen LogP) is 1.65. The molecule has 1 aliphatic heterocycles. The first-order valence-electron chi connectivity index (χ1n) is 9.91. The molecule has 0 spiro atoms. The molecule has 2 atom stereocenters. The number of aryl methyl sites for hydroxylation is 1. The molecule has 30 heavy (non-hydrogen) atoms. The van der Waals surface area contributed by atoms with Crippen molar-refractivity contribution in [2.75, 3.05) is 27.3 Å². The summed E-state index contributed by atoms with van der Waals surface area (Å²) in [6.07, 6.45) is 1.08. The molecule has 2 aromatic rings. The van der Waals surface area contributed by atoms with Gasteiger partial charge in [0.2, 0.25) is 0 Å². The van der Waals surface area contributed by atoms with Gasteiger partial charge in [-0.2, -0.15) is 5.10 Å². The summed E-state index contributed by atoms with van der Waals surface area (Å²) in [6, 6.07) is 7.59. The lowest BCUT2D eigenvalue weighted by atomic mass is 10.1. The van der Waals surface area contributed by atoms with Crippen molar-refractivity contribution < 1.29 is 14.6 Å². The summed E-state index contributed by atoms with van der Waals surface area (Å²) in [7, 11) is 3.25. The van der Waals surface area contributed by atoms with E-state index in [1.165, 1.54) is 0 Å². The molecular weight excluding hydrogens is 499 g/mol. The van der Waals surface area contributed by atoms with Crippen molar-refractivity contribution in [2.45, 2.75) is 45.1 Å². The molecule has 3 N–H and O–H groups in total. The van der Waals surface area contributed by atoms with E-state index in [-0.39, 0.29) is 36.6 Å². The van der Waals surface area contributed by atoms with Crippen LogP contribution in [0.15, 0.2) is 29.3 Å². The number of hydrogen-bond donors (Lipinski definition) is 3. The number of benzene rings is 1. The number of methoxy groups -OCH3 is 2. The van der Waals surface area contributed by atoms with Gasteiger partial charge in [0.25, 0.3) is 0 Å². The molecule has 2 heterocycles. The molecule has 0 saturated carbocycles. The van der Waals surface area contributed by atoms with E-state index in [9.17, 15) is 5.11 Å². The highest BCUT2D eigenvalue weighted by Crippen LogP contribution is 2.19. The van der Waals surface area contributed by atoms with Crippen LogP contribution in [0.1, 0.15) is 36.7 Å². The van der Waals surface area contributed by atoms with Crippen molar-refractivity contribution >= 4 is 29.9 Å². The fraction of sp³-hybridized carbons (Fsp3) is 0.550. The largest absolute Gasteiger partial charge is 0.497 e. The van der Waals surface area contributed by atoms with Crippen molar-refractivity contribution in [3.63, 3.8) is 0 Å². The van der Waals surface area contributed by atoms with Gasteiger partial charge >= 0.3 is 0 Å². The van der Waals surface area contributed by atoms with E-state index in [1.807, 2.05) is 35.9 Å². The molecule has 2 unspecified atom stereocenters. The Bertz CT molecular complexity index is 829. The third-order valence-corrected chi connectivity index (χ3v) is 4.76. The Morgan fingerprint density at radius 3 is 2.97 bits per heavy atom. The summed E-state index contributed by atoms with van der Waals surface area (Å²) in [6.45, 7) is 4.14. The van der Waals surface area contributed by atoms with Crippen LogP contribution in [0.5, 0.6) is 5.75 Å². The van der Waals surface area contributed by atoms with Gasteiger partial charge in [0, 0.05) is 26.1 Å². The standard InChI is InChI=1S/C20H30N6O3.HI/c1-4-21-20(22-11-17(27)14-6-5-7-16(10-14)29-3)23-15-8-9-19-24-18(13-28-2)25-26(19)12-15;/h5-7,10,15,17,27H,4,8-9,11-13H2,1-3H3,(H2,21,22,23);1H. The highest BCUT2D eigenvalue weighted by molar-refractivity contribution is 14.0. The zero-order chi connectivity index (χ0) is 20.6. The van der Waals surface area contributed by atoms with Gasteiger partial charge in [-0.15, -0.1) is 24.0 Å². The first-order chi connectivity index (χ1) is 14.1. The Morgan fingerprint density at radius 1 is 1.40 bits per heavy atom. The van der Waals surface area contributed by atoms with Gasteiger partial charge in [-0.05, 0) is 31.0 Å². The molecule has 0 aliphatic carbocycles. The van der Waals surface area contributed by atoms with Crippen LogP contribution in [-0.2, 0) is 24.3 Å². The van der Waals surface area contributed by atoms with Crippen molar-refractivity contribution in [3.05, 3.63) is 41.5 Å². The fourth-order valence-electron chi connectivity index (χ4n) is 3.31. The van der Waals surface area contributed by atoms with Crippen LogP contribution in [0.3, 0.4) is 0 Å². The number of aliphatic hydroxyl groups is 1. The van der Waals surface area contributed by atoms with Crippen molar-refractivity contribution in [2.24, 2.45) is 4.99 Å². The summed E-state index contributed by atoms with van der Waals surface area (Å²) in [5.74, 6) is 3.10. The van der Waals surface area contributed by atoms with E-state index in [4.69, 9.17) is 9.47 Å². The average Bonchev–Trinajstić information content (AvgIpc) is 3.14. The van der Waals surface area contributed by atoms with Crippen molar-refractivity contribution in [1.82, 2.24) is 25.4 Å². The third kappa shape index (κ3) is 6.54. The van der Waals surface area contributed by atoms with Gasteiger partial charge in [0.05, 0.1) is 26.3 Å². The van der Waals surface area contributed by atoms with Crippen LogP contribution in [0, 0.1) is 0 Å². The predicted molar refractivity (Wildman–Crippen MR) is 125 cm³/mol. The molecule has 1 aliphatic rings. The SMILES string of the molecule is CCNC(=NCC(O)c1cccc(OC)c1)NC1CCc2nc(COC)nn2C1.I. The zero-order valence-corrected chi connectivity index (χ0v) is 20.0. The van der Waals surface area contributed by atoms with Gasteiger partial charge < -0.3 is 25.2 Å². The van der Waals surface area contributed by atoms with Gasteiger partial charge in [0.15, 0.2) is 11.8 Å². The zero-order valence-electron chi connectivity index (χ0n) is 17.7. The van der Waals surface area contributed by atoms with Crippen LogP contribution < -0.4 is 15.4 Å². The number of nitrogens with zero attached hydrogens (tertiary/aromatic N) is 4. The second-order valence-electron chi connectivity index (χ2n) is 6.95. The number of aliphatic imine (C=N–C) groups is 1. The topological polar surface area (TPSA) is 106 Å². The molecular formula is C20H31IN6O3. The van der Waals surface area contributed by atoms with Crippen LogP contribution in [-0.4, -0.2) is 59.2 Å². The number of guanidine groups is 1. The maximum absolute atomic E-state index is 10.5. The van der Waals surface area contributed by atoms with E-state index in [1.54, 1.807) is 14.2 Å². The highest BCUT2D eigenvalue weighted by atomic mass is 127. The lowest BCUT2D eigenvalue weighted by Crippen LogP contribution is -2.47. The molecule has 0 amide bonds. The van der Waals surface area contributed by atoms with Crippen LogP contribution in [0.25, 0.3) is 0 Å². The number of nitrogens with one attached hydrogen (secondary N) is 2. The van der Waals surface area contributed by atoms with Gasteiger partial charge in [-0.1, -0.05) is 12.1 Å². The number of aromatic nitrogens is 3. The molecule has 0 saturated heterocycles. The Morgan fingerprint density at radius 2 is 2.23 bits per heavy atom. The quantitative estimate of drug-likeness (QED) is 0.271. The molecule has 166 valence electrons. The number of rotatable bonds is 8. The maximum Gasteiger partial charge on any atom is 0.191 e. The van der Waals surface area contributed by atoms with Crippen LogP contribution in [0.2, 0.25) is 0 Å². The molecule has 9 nitrogen and oxygen atoms in total. The second-order valence-corrected chi connectivity index (χ2v) is 6.95. The summed E-state index contributed by atoms with van der Waals surface area (Å²) >= 11 is 0. The molecule has 0 fully saturated rings. The number of halogens is 1. The fourth-order valence-corrected chi connectivity index (χ4v) is 3.31. The van der Waals surface area contributed by atoms with Crippen LogP contribution in [0.4, 0.5) is 0 Å². The number of fused-ring (bicyclic) bond motifs is 1. The van der Waals surface area contributed by atoms with Crippen molar-refractivity contribution in [3.8, 4) is 5.75 Å². The van der Waals surface area contributed by atoms with Gasteiger partial charge in [-0.25, -0.2) is 9.67 Å². The first kappa shape index (κ1) is 24.4. The third-order valence-electron chi connectivity index (χ3n) is 4.76. The van der Waals surface area contributed by atoms with Gasteiger partial charge in [-0.3, -0.25) is 4.99 Å². The average molecular weight is 530 g/mol. The molecule has 0 bridgehead atoms. The molecule has 10 heteroatoms. The normalized spacial score (nSPS) is 16.9. The summed E-state index contributed by atoms with van der Waals surface area (Å²) in [4.78, 5) is 9.08. The van der Waals surface area contributed by atoms with Crippen molar-refractivity contribution in [1.29, 1.82) is 0 Å². The van der Waals surface area contributed by atoms with E-state index in [2.05, 4.69) is 25.7 Å². The molecule has 1 aromatic heterocycles. The van der Waals surface area contributed by atoms with E-state index in [0.717, 1.165) is 37.3 Å². The Labute approximate surface area is 194 Å². The Balaban J connectivity index is 0.00000320. The molecule has 0 radical (unpaired) electrons. The minimum Gasteiger partial charge on any atom is -0.497 e. The van der Waals surface area contributed by atoms with E-state index >= 15 is 0 Å².